The molecule has 5 nitrogen and oxygen atoms in total. The highest BCUT2D eigenvalue weighted by molar-refractivity contribution is 5.19. The zero-order valence-corrected chi connectivity index (χ0v) is 11.6. The average molecular weight is 264 g/mol. The summed E-state index contributed by atoms with van der Waals surface area (Å²) in [5, 5.41) is 12.8. The van der Waals surface area contributed by atoms with Gasteiger partial charge in [0.1, 0.15) is 5.82 Å². The Morgan fingerprint density at radius 2 is 2.00 bits per heavy atom. The number of hydrogen-bond acceptors (Lipinski definition) is 4. The van der Waals surface area contributed by atoms with Crippen LogP contribution in [0.1, 0.15) is 30.1 Å². The van der Waals surface area contributed by atoms with Crippen molar-refractivity contribution in [2.75, 3.05) is 32.7 Å². The second kappa shape index (κ2) is 6.03. The van der Waals surface area contributed by atoms with Gasteiger partial charge in [0, 0.05) is 51.4 Å². The largest absolute Gasteiger partial charge is 0.390 e. The third-order valence-corrected chi connectivity index (χ3v) is 4.29. The lowest BCUT2D eigenvalue weighted by atomic mass is 10.1. The number of aliphatic hydroxyl groups is 1. The minimum absolute atomic E-state index is 0.0863. The van der Waals surface area contributed by atoms with Gasteiger partial charge >= 0.3 is 0 Å². The summed E-state index contributed by atoms with van der Waals surface area (Å²) in [6.45, 7) is 6.73. The van der Waals surface area contributed by atoms with Crippen molar-refractivity contribution in [1.82, 2.24) is 19.8 Å². The van der Waals surface area contributed by atoms with Gasteiger partial charge in [-0.25, -0.2) is 4.98 Å². The Morgan fingerprint density at radius 1 is 1.16 bits per heavy atom. The van der Waals surface area contributed by atoms with Crippen LogP contribution in [0.25, 0.3) is 0 Å². The molecule has 1 aromatic heterocycles. The molecule has 1 fully saturated rings. The topological polar surface area (TPSA) is 53.3 Å². The number of nitrogens with zero attached hydrogens (tertiary/aromatic N) is 3. The van der Waals surface area contributed by atoms with Crippen molar-refractivity contribution in [3.8, 4) is 0 Å². The van der Waals surface area contributed by atoms with Crippen molar-refractivity contribution >= 4 is 0 Å². The minimum atomic E-state index is 0.0863. The Morgan fingerprint density at radius 3 is 2.79 bits per heavy atom. The maximum absolute atomic E-state index is 9.43. The number of piperazine rings is 1. The van der Waals surface area contributed by atoms with E-state index in [2.05, 4.69) is 19.8 Å². The summed E-state index contributed by atoms with van der Waals surface area (Å²) in [5.74, 6) is 1.18. The molecule has 2 aliphatic heterocycles. The molecule has 3 heterocycles. The Bertz CT molecular complexity index is 423. The first-order chi connectivity index (χ1) is 9.38. The molecular weight excluding hydrogens is 240 g/mol. The average Bonchev–Trinajstić information content (AvgIpc) is 2.84. The highest BCUT2D eigenvalue weighted by Crippen LogP contribution is 2.21. The normalized spacial score (nSPS) is 20.5. The van der Waals surface area contributed by atoms with E-state index < -0.39 is 0 Å². The molecule has 2 N–H and O–H groups in total. The van der Waals surface area contributed by atoms with E-state index in [1.807, 2.05) is 0 Å². The van der Waals surface area contributed by atoms with Gasteiger partial charge in [-0.15, -0.1) is 0 Å². The molecule has 0 radical (unpaired) electrons. The highest BCUT2D eigenvalue weighted by atomic mass is 16.3. The van der Waals surface area contributed by atoms with Crippen molar-refractivity contribution in [3.05, 3.63) is 17.2 Å². The summed E-state index contributed by atoms with van der Waals surface area (Å²) in [5.41, 5.74) is 2.19. The molecular formula is C14H24N4O. The molecule has 0 amide bonds. The van der Waals surface area contributed by atoms with Gasteiger partial charge in [0.15, 0.2) is 0 Å². The highest BCUT2D eigenvalue weighted by Gasteiger charge is 2.20. The fourth-order valence-corrected chi connectivity index (χ4v) is 3.21. The molecule has 2 aliphatic rings. The summed E-state index contributed by atoms with van der Waals surface area (Å²) < 4.78 is 2.36. The monoisotopic (exact) mass is 264 g/mol. The summed E-state index contributed by atoms with van der Waals surface area (Å²) in [4.78, 5) is 7.16. The van der Waals surface area contributed by atoms with E-state index in [9.17, 15) is 5.11 Å². The van der Waals surface area contributed by atoms with Gasteiger partial charge in [-0.1, -0.05) is 0 Å². The van der Waals surface area contributed by atoms with Crippen LogP contribution in [0, 0.1) is 0 Å². The quantitative estimate of drug-likeness (QED) is 0.813. The van der Waals surface area contributed by atoms with Gasteiger partial charge in [0.25, 0.3) is 0 Å². The second-order valence-corrected chi connectivity index (χ2v) is 5.53. The lowest BCUT2D eigenvalue weighted by Gasteiger charge is -2.27. The van der Waals surface area contributed by atoms with Crippen LogP contribution in [0.5, 0.6) is 0 Å². The van der Waals surface area contributed by atoms with E-state index in [0.717, 1.165) is 57.8 Å². The van der Waals surface area contributed by atoms with E-state index in [1.54, 1.807) is 0 Å². The molecule has 0 atom stereocenters. The molecule has 0 unspecified atom stereocenters. The van der Waals surface area contributed by atoms with E-state index in [0.29, 0.717) is 0 Å². The van der Waals surface area contributed by atoms with Gasteiger partial charge in [0.05, 0.1) is 12.3 Å². The second-order valence-electron chi connectivity index (χ2n) is 5.53. The molecule has 0 aromatic carbocycles. The van der Waals surface area contributed by atoms with Crippen LogP contribution < -0.4 is 5.32 Å². The van der Waals surface area contributed by atoms with Gasteiger partial charge in [-0.05, 0) is 19.3 Å². The predicted octanol–water partition coefficient (Wildman–Crippen LogP) is 0.159. The van der Waals surface area contributed by atoms with E-state index in [1.165, 1.54) is 24.4 Å². The zero-order chi connectivity index (χ0) is 13.1. The van der Waals surface area contributed by atoms with Crippen molar-refractivity contribution in [2.45, 2.75) is 38.8 Å². The van der Waals surface area contributed by atoms with Crippen LogP contribution in [-0.2, 0) is 26.0 Å². The van der Waals surface area contributed by atoms with Crippen molar-refractivity contribution in [3.63, 3.8) is 0 Å². The zero-order valence-electron chi connectivity index (χ0n) is 11.6. The van der Waals surface area contributed by atoms with Crippen LogP contribution in [0.3, 0.4) is 0 Å². The molecule has 1 saturated heterocycles. The lowest BCUT2D eigenvalue weighted by Crippen LogP contribution is -2.44. The molecule has 0 aliphatic carbocycles. The first-order valence-corrected chi connectivity index (χ1v) is 7.49. The van der Waals surface area contributed by atoms with Gasteiger partial charge in [-0.2, -0.15) is 0 Å². The fraction of sp³-hybridized carbons (Fsp3) is 0.786. The van der Waals surface area contributed by atoms with E-state index in [-0.39, 0.29) is 6.61 Å². The van der Waals surface area contributed by atoms with E-state index >= 15 is 0 Å². The number of aromatic nitrogens is 2. The molecule has 0 spiro atoms. The Balaban J connectivity index is 1.68. The number of hydrogen-bond donors (Lipinski definition) is 2. The standard InChI is InChI=1S/C14H24N4O/c19-11-12-13-3-1-2-7-18(13)14(16-12)4-8-17-9-5-15-6-10-17/h15,19H,1-11H2. The first-order valence-electron chi connectivity index (χ1n) is 7.49. The van der Waals surface area contributed by atoms with Crippen LogP contribution >= 0.6 is 0 Å². The third-order valence-electron chi connectivity index (χ3n) is 4.29. The Labute approximate surface area is 114 Å². The van der Waals surface area contributed by atoms with Crippen LogP contribution in [-0.4, -0.2) is 52.3 Å². The summed E-state index contributed by atoms with van der Waals surface area (Å²) in [7, 11) is 0. The maximum Gasteiger partial charge on any atom is 0.110 e. The smallest absolute Gasteiger partial charge is 0.110 e. The summed E-state index contributed by atoms with van der Waals surface area (Å²) in [6, 6.07) is 0. The van der Waals surface area contributed by atoms with Crippen molar-refractivity contribution in [1.29, 1.82) is 0 Å². The fourth-order valence-electron chi connectivity index (χ4n) is 3.21. The van der Waals surface area contributed by atoms with Gasteiger partial charge in [-0.3, -0.25) is 0 Å². The molecule has 106 valence electrons. The summed E-state index contributed by atoms with van der Waals surface area (Å²) in [6.07, 6.45) is 4.56. The Hall–Kier alpha value is -0.910. The van der Waals surface area contributed by atoms with Crippen molar-refractivity contribution < 1.29 is 5.11 Å². The van der Waals surface area contributed by atoms with Crippen molar-refractivity contribution in [2.24, 2.45) is 0 Å². The maximum atomic E-state index is 9.43. The molecule has 0 bridgehead atoms. The van der Waals surface area contributed by atoms with Gasteiger partial charge in [0.2, 0.25) is 0 Å². The molecule has 19 heavy (non-hydrogen) atoms. The SMILES string of the molecule is OCc1nc(CCN2CCNCC2)n2c1CCCC2. The number of imidazole rings is 1. The number of nitrogens with one attached hydrogen (secondary N) is 1. The number of fused-ring (bicyclic) bond motifs is 1. The molecule has 0 saturated carbocycles. The number of rotatable bonds is 4. The van der Waals surface area contributed by atoms with Crippen LogP contribution in [0.2, 0.25) is 0 Å². The molecule has 5 heteroatoms. The number of aliphatic hydroxyl groups excluding tert-OH is 1. The summed E-state index contributed by atoms with van der Waals surface area (Å²) >= 11 is 0. The van der Waals surface area contributed by atoms with E-state index in [4.69, 9.17) is 0 Å². The van der Waals surface area contributed by atoms with Crippen LogP contribution in [0.4, 0.5) is 0 Å². The Kier molecular flexibility index (Phi) is 4.15. The molecule has 1 aromatic rings. The lowest BCUT2D eigenvalue weighted by molar-refractivity contribution is 0.241. The van der Waals surface area contributed by atoms with Crippen LogP contribution in [0.15, 0.2) is 0 Å². The predicted molar refractivity (Wildman–Crippen MR) is 74.1 cm³/mol. The minimum Gasteiger partial charge on any atom is -0.390 e. The third kappa shape index (κ3) is 2.83. The first kappa shape index (κ1) is 13.1. The van der Waals surface area contributed by atoms with Gasteiger partial charge < -0.3 is 19.9 Å². The molecule has 3 rings (SSSR count).